The molecule has 7 nitrogen and oxygen atoms in total. The van der Waals surface area contributed by atoms with E-state index in [1.807, 2.05) is 0 Å². The summed E-state index contributed by atoms with van der Waals surface area (Å²) in [4.78, 5) is 23.8. The minimum atomic E-state index is -3.94. The van der Waals surface area contributed by atoms with E-state index in [1.165, 1.54) is 29.4 Å². The van der Waals surface area contributed by atoms with Crippen molar-refractivity contribution in [1.29, 1.82) is 0 Å². The van der Waals surface area contributed by atoms with E-state index in [0.29, 0.717) is 0 Å². The molecule has 0 bridgehead atoms. The van der Waals surface area contributed by atoms with Crippen LogP contribution in [0, 0.1) is 11.7 Å². The molecule has 1 aliphatic heterocycles. The van der Waals surface area contributed by atoms with Crippen LogP contribution in [-0.2, 0) is 24.3 Å². The van der Waals surface area contributed by atoms with Crippen molar-refractivity contribution in [2.45, 2.75) is 49.6 Å². The first-order valence-corrected chi connectivity index (χ1v) is 10.5. The number of piperidine rings is 1. The Bertz CT molecular complexity index is 817. The molecule has 1 heterocycles. The number of amides is 1. The van der Waals surface area contributed by atoms with Crippen molar-refractivity contribution >= 4 is 21.9 Å². The van der Waals surface area contributed by atoms with E-state index < -0.39 is 33.8 Å². The van der Waals surface area contributed by atoms with E-state index in [0.717, 1.165) is 18.9 Å². The molecule has 1 N–H and O–H groups in total. The first-order chi connectivity index (χ1) is 12.8. The summed E-state index contributed by atoms with van der Waals surface area (Å²) < 4.78 is 45.4. The van der Waals surface area contributed by atoms with Gasteiger partial charge in [-0.25, -0.2) is 12.8 Å². The normalized spacial score (nSPS) is 20.1. The quantitative estimate of drug-likeness (QED) is 0.732. The summed E-state index contributed by atoms with van der Waals surface area (Å²) in [5, 5.41) is 2.77. The molecule has 1 saturated carbocycles. The first-order valence-electron chi connectivity index (χ1n) is 9.04. The van der Waals surface area contributed by atoms with Crippen LogP contribution in [0.3, 0.4) is 0 Å². The van der Waals surface area contributed by atoms with Gasteiger partial charge in [0.25, 0.3) is 5.91 Å². The molecular formula is C18H23FN2O5S. The van der Waals surface area contributed by atoms with Crippen LogP contribution in [0.2, 0.25) is 0 Å². The minimum absolute atomic E-state index is 0.0963. The van der Waals surface area contributed by atoms with Gasteiger partial charge < -0.3 is 10.1 Å². The van der Waals surface area contributed by atoms with Gasteiger partial charge in [0.15, 0.2) is 6.10 Å². The van der Waals surface area contributed by atoms with Crippen LogP contribution in [0.15, 0.2) is 29.2 Å². The molecule has 1 aliphatic carbocycles. The highest BCUT2D eigenvalue weighted by molar-refractivity contribution is 7.89. The number of sulfonamides is 1. The SMILES string of the molecule is C[C@@H](OC(=O)C1CCN(S(=O)(=O)c2ccccc2F)CC1)C(=O)NC1CC1. The number of hydrogen-bond donors (Lipinski definition) is 1. The molecule has 9 heteroatoms. The lowest BCUT2D eigenvalue weighted by molar-refractivity contribution is -0.159. The maximum Gasteiger partial charge on any atom is 0.309 e. The summed E-state index contributed by atoms with van der Waals surface area (Å²) >= 11 is 0. The second-order valence-corrected chi connectivity index (χ2v) is 8.88. The van der Waals surface area contributed by atoms with Crippen LogP contribution in [0.4, 0.5) is 4.39 Å². The second kappa shape index (κ2) is 7.93. The predicted molar refractivity (Wildman–Crippen MR) is 94.6 cm³/mol. The number of halogens is 1. The van der Waals surface area contributed by atoms with Gasteiger partial charge >= 0.3 is 5.97 Å². The zero-order valence-corrected chi connectivity index (χ0v) is 15.9. The van der Waals surface area contributed by atoms with E-state index in [2.05, 4.69) is 5.32 Å². The number of nitrogens with zero attached hydrogens (tertiary/aromatic N) is 1. The van der Waals surface area contributed by atoms with Crippen molar-refractivity contribution in [3.8, 4) is 0 Å². The summed E-state index contributed by atoms with van der Waals surface area (Å²) in [5.41, 5.74) is 0. The Kier molecular flexibility index (Phi) is 5.81. The van der Waals surface area contributed by atoms with Gasteiger partial charge in [0.2, 0.25) is 10.0 Å². The van der Waals surface area contributed by atoms with Gasteiger partial charge in [-0.15, -0.1) is 0 Å². The lowest BCUT2D eigenvalue weighted by Gasteiger charge is -2.30. The summed E-state index contributed by atoms with van der Waals surface area (Å²) in [6.45, 7) is 1.71. The Morgan fingerprint density at radius 2 is 1.81 bits per heavy atom. The smallest absolute Gasteiger partial charge is 0.309 e. The number of hydrogen-bond acceptors (Lipinski definition) is 5. The van der Waals surface area contributed by atoms with E-state index in [-0.39, 0.29) is 42.8 Å². The molecule has 1 aromatic rings. The standard InChI is InChI=1S/C18H23FN2O5S/c1-12(17(22)20-14-6-7-14)26-18(23)13-8-10-21(11-9-13)27(24,25)16-5-3-2-4-15(16)19/h2-5,12-14H,6-11H2,1H3,(H,20,22)/t12-/m1/s1. The topological polar surface area (TPSA) is 92.8 Å². The molecule has 0 unspecified atom stereocenters. The summed E-state index contributed by atoms with van der Waals surface area (Å²) in [5.74, 6) is -2.09. The third kappa shape index (κ3) is 4.65. The van der Waals surface area contributed by atoms with E-state index in [9.17, 15) is 22.4 Å². The molecule has 0 aromatic heterocycles. The van der Waals surface area contributed by atoms with Gasteiger partial charge in [0.05, 0.1) is 5.92 Å². The highest BCUT2D eigenvalue weighted by atomic mass is 32.2. The van der Waals surface area contributed by atoms with Crippen molar-refractivity contribution in [2.75, 3.05) is 13.1 Å². The zero-order valence-electron chi connectivity index (χ0n) is 15.1. The molecular weight excluding hydrogens is 375 g/mol. The maximum atomic E-state index is 13.8. The average molecular weight is 398 g/mol. The molecule has 1 atom stereocenters. The maximum absolute atomic E-state index is 13.8. The number of carbonyl (C=O) groups excluding carboxylic acids is 2. The monoisotopic (exact) mass is 398 g/mol. The Morgan fingerprint density at radius 1 is 1.19 bits per heavy atom. The molecule has 2 fully saturated rings. The molecule has 0 radical (unpaired) electrons. The Morgan fingerprint density at radius 3 is 2.41 bits per heavy atom. The van der Waals surface area contributed by atoms with Gasteiger partial charge in [-0.3, -0.25) is 9.59 Å². The Hall–Kier alpha value is -2.00. The molecule has 1 aromatic carbocycles. The van der Waals surface area contributed by atoms with Crippen molar-refractivity contribution in [3.63, 3.8) is 0 Å². The molecule has 148 valence electrons. The fourth-order valence-electron chi connectivity index (χ4n) is 3.00. The largest absolute Gasteiger partial charge is 0.452 e. The van der Waals surface area contributed by atoms with E-state index in [4.69, 9.17) is 4.74 Å². The number of carbonyl (C=O) groups is 2. The number of esters is 1. The van der Waals surface area contributed by atoms with E-state index in [1.54, 1.807) is 0 Å². The van der Waals surface area contributed by atoms with Crippen LogP contribution in [0.25, 0.3) is 0 Å². The zero-order chi connectivity index (χ0) is 19.6. The molecule has 3 rings (SSSR count). The summed E-state index contributed by atoms with van der Waals surface area (Å²) in [6.07, 6.45) is 1.55. The fourth-order valence-corrected chi connectivity index (χ4v) is 4.53. The van der Waals surface area contributed by atoms with Gasteiger partial charge in [-0.1, -0.05) is 12.1 Å². The van der Waals surface area contributed by atoms with Crippen molar-refractivity contribution in [3.05, 3.63) is 30.1 Å². The summed E-state index contributed by atoms with van der Waals surface area (Å²) in [7, 11) is -3.94. The third-order valence-electron chi connectivity index (χ3n) is 4.83. The summed E-state index contributed by atoms with van der Waals surface area (Å²) in [6, 6.07) is 5.41. The van der Waals surface area contributed by atoms with E-state index >= 15 is 0 Å². The number of nitrogens with one attached hydrogen (secondary N) is 1. The number of benzene rings is 1. The number of ether oxygens (including phenoxy) is 1. The van der Waals surface area contributed by atoms with Gasteiger partial charge in [-0.2, -0.15) is 4.31 Å². The highest BCUT2D eigenvalue weighted by Gasteiger charge is 2.35. The predicted octanol–water partition coefficient (Wildman–Crippen LogP) is 1.44. The van der Waals surface area contributed by atoms with Crippen LogP contribution in [0.5, 0.6) is 0 Å². The second-order valence-electron chi connectivity index (χ2n) is 6.97. The van der Waals surface area contributed by atoms with Crippen molar-refractivity contribution in [1.82, 2.24) is 9.62 Å². The Balaban J connectivity index is 1.54. The Labute approximate surface area is 157 Å². The van der Waals surface area contributed by atoms with Gasteiger partial charge in [-0.05, 0) is 44.7 Å². The lowest BCUT2D eigenvalue weighted by Crippen LogP contribution is -2.42. The number of rotatable bonds is 6. The van der Waals surface area contributed by atoms with Crippen molar-refractivity contribution in [2.24, 2.45) is 5.92 Å². The molecule has 0 spiro atoms. The molecule has 2 aliphatic rings. The van der Waals surface area contributed by atoms with Crippen LogP contribution in [-0.4, -0.2) is 49.8 Å². The first kappa shape index (κ1) is 19.8. The average Bonchev–Trinajstić information content (AvgIpc) is 3.46. The van der Waals surface area contributed by atoms with Gasteiger partial charge in [0.1, 0.15) is 10.7 Å². The molecule has 27 heavy (non-hydrogen) atoms. The van der Waals surface area contributed by atoms with Crippen molar-refractivity contribution < 1.29 is 27.1 Å². The lowest BCUT2D eigenvalue weighted by atomic mass is 9.98. The van der Waals surface area contributed by atoms with Crippen LogP contribution in [0.1, 0.15) is 32.6 Å². The van der Waals surface area contributed by atoms with Gasteiger partial charge in [0, 0.05) is 19.1 Å². The third-order valence-corrected chi connectivity index (χ3v) is 6.76. The highest BCUT2D eigenvalue weighted by Crippen LogP contribution is 2.26. The minimum Gasteiger partial charge on any atom is -0.452 e. The molecule has 1 saturated heterocycles. The van der Waals surface area contributed by atoms with Crippen LogP contribution >= 0.6 is 0 Å². The van der Waals surface area contributed by atoms with Crippen LogP contribution < -0.4 is 5.32 Å². The molecule has 1 amide bonds. The fraction of sp³-hybridized carbons (Fsp3) is 0.556.